The second-order valence-corrected chi connectivity index (χ2v) is 4.56. The Morgan fingerprint density at radius 1 is 1.44 bits per heavy atom. The molecule has 0 atom stereocenters. The Bertz CT molecular complexity index is 472. The Kier molecular flexibility index (Phi) is 3.38. The van der Waals surface area contributed by atoms with Crippen LogP contribution in [-0.4, -0.2) is 26.1 Å². The molecule has 90 valence electrons. The van der Waals surface area contributed by atoms with E-state index < -0.39 is 27.6 Å². The number of anilines is 1. The molecule has 1 heterocycles. The van der Waals surface area contributed by atoms with Crippen LogP contribution in [0.3, 0.4) is 0 Å². The number of nitrogens with one attached hydrogen (secondary N) is 1. The van der Waals surface area contributed by atoms with Gasteiger partial charge in [0.1, 0.15) is 17.3 Å². The van der Waals surface area contributed by atoms with E-state index in [2.05, 4.69) is 4.98 Å². The second kappa shape index (κ2) is 4.26. The molecule has 0 bridgehead atoms. The topological polar surface area (TPSA) is 85.1 Å². The number of sulfonamides is 1. The van der Waals surface area contributed by atoms with E-state index in [4.69, 9.17) is 5.73 Å². The molecule has 1 aromatic heterocycles. The van der Waals surface area contributed by atoms with Gasteiger partial charge in [-0.1, -0.05) is 0 Å². The first kappa shape index (κ1) is 12.7. The second-order valence-electron chi connectivity index (χ2n) is 2.83. The standard InChI is InChI=1S/C7H8F3N3O2S/c8-7(9,10)4-13-16(14,15)5-2-1-3-12-6(5)11/h1-3,13H,4H2,(H2,11,12). The molecular formula is C7H8F3N3O2S. The number of nitrogens with two attached hydrogens (primary N) is 1. The van der Waals surface area contributed by atoms with Gasteiger partial charge in [0, 0.05) is 6.20 Å². The van der Waals surface area contributed by atoms with Crippen molar-refractivity contribution in [3.63, 3.8) is 0 Å². The highest BCUT2D eigenvalue weighted by Gasteiger charge is 2.30. The minimum atomic E-state index is -4.62. The molecule has 0 amide bonds. The smallest absolute Gasteiger partial charge is 0.383 e. The fourth-order valence-corrected chi connectivity index (χ4v) is 1.98. The monoisotopic (exact) mass is 255 g/mol. The van der Waals surface area contributed by atoms with Crippen molar-refractivity contribution in [1.29, 1.82) is 0 Å². The number of halogens is 3. The fourth-order valence-electron chi connectivity index (χ4n) is 0.885. The lowest BCUT2D eigenvalue weighted by atomic mass is 10.5. The predicted octanol–water partition coefficient (Wildman–Crippen LogP) is 0.504. The molecule has 1 aromatic rings. The van der Waals surface area contributed by atoms with Gasteiger partial charge in [-0.05, 0) is 12.1 Å². The quantitative estimate of drug-likeness (QED) is 0.823. The summed E-state index contributed by atoms with van der Waals surface area (Å²) in [5.74, 6) is -0.350. The molecule has 0 radical (unpaired) electrons. The van der Waals surface area contributed by atoms with Crippen LogP contribution in [0.5, 0.6) is 0 Å². The average molecular weight is 255 g/mol. The maximum absolute atomic E-state index is 11.8. The van der Waals surface area contributed by atoms with Crippen molar-refractivity contribution in [3.8, 4) is 0 Å². The Morgan fingerprint density at radius 2 is 2.06 bits per heavy atom. The van der Waals surface area contributed by atoms with Gasteiger partial charge in [-0.15, -0.1) is 0 Å². The molecule has 0 saturated heterocycles. The summed E-state index contributed by atoms with van der Waals surface area (Å²) in [6.45, 7) is -1.65. The van der Waals surface area contributed by atoms with Crippen molar-refractivity contribution in [1.82, 2.24) is 9.71 Å². The lowest BCUT2D eigenvalue weighted by Crippen LogP contribution is -2.34. The molecule has 1 rings (SSSR count). The van der Waals surface area contributed by atoms with Crippen molar-refractivity contribution >= 4 is 15.8 Å². The summed E-state index contributed by atoms with van der Waals surface area (Å²) < 4.78 is 59.6. The van der Waals surface area contributed by atoms with Crippen molar-refractivity contribution in [2.75, 3.05) is 12.3 Å². The number of nitrogens with zero attached hydrogens (tertiary/aromatic N) is 1. The van der Waals surface area contributed by atoms with Gasteiger partial charge >= 0.3 is 6.18 Å². The molecule has 0 spiro atoms. The zero-order chi connectivity index (χ0) is 12.4. The summed E-state index contributed by atoms with van der Waals surface area (Å²) in [7, 11) is -4.28. The lowest BCUT2D eigenvalue weighted by molar-refractivity contribution is -0.121. The van der Waals surface area contributed by atoms with E-state index in [1.165, 1.54) is 17.0 Å². The maximum Gasteiger partial charge on any atom is 0.402 e. The van der Waals surface area contributed by atoms with Gasteiger partial charge in [0.05, 0.1) is 0 Å². The van der Waals surface area contributed by atoms with Gasteiger partial charge < -0.3 is 5.73 Å². The van der Waals surface area contributed by atoms with Crippen molar-refractivity contribution in [3.05, 3.63) is 18.3 Å². The molecule has 0 aliphatic carbocycles. The Balaban J connectivity index is 2.92. The number of aromatic nitrogens is 1. The molecule has 16 heavy (non-hydrogen) atoms. The van der Waals surface area contributed by atoms with Crippen LogP contribution in [0.1, 0.15) is 0 Å². The average Bonchev–Trinajstić information content (AvgIpc) is 2.14. The number of alkyl halides is 3. The highest BCUT2D eigenvalue weighted by atomic mass is 32.2. The highest BCUT2D eigenvalue weighted by Crippen LogP contribution is 2.17. The van der Waals surface area contributed by atoms with Gasteiger partial charge in [-0.3, -0.25) is 0 Å². The molecule has 0 saturated carbocycles. The van der Waals surface area contributed by atoms with E-state index in [1.807, 2.05) is 0 Å². The Labute approximate surface area is 89.5 Å². The summed E-state index contributed by atoms with van der Waals surface area (Å²) in [4.78, 5) is 2.99. The van der Waals surface area contributed by atoms with E-state index >= 15 is 0 Å². The molecule has 0 aliphatic rings. The first-order valence-electron chi connectivity index (χ1n) is 3.99. The molecule has 9 heteroatoms. The first-order valence-corrected chi connectivity index (χ1v) is 5.47. The number of hydrogen-bond acceptors (Lipinski definition) is 4. The number of pyridine rings is 1. The predicted molar refractivity (Wildman–Crippen MR) is 49.9 cm³/mol. The van der Waals surface area contributed by atoms with Crippen molar-refractivity contribution in [2.45, 2.75) is 11.1 Å². The van der Waals surface area contributed by atoms with Gasteiger partial charge in [0.15, 0.2) is 0 Å². The van der Waals surface area contributed by atoms with E-state index in [9.17, 15) is 21.6 Å². The summed E-state index contributed by atoms with van der Waals surface area (Å²) in [5.41, 5.74) is 5.23. The van der Waals surface area contributed by atoms with Crippen molar-refractivity contribution in [2.24, 2.45) is 0 Å². The lowest BCUT2D eigenvalue weighted by Gasteiger charge is -2.09. The van der Waals surface area contributed by atoms with Gasteiger partial charge in [-0.25, -0.2) is 18.1 Å². The Morgan fingerprint density at radius 3 is 2.56 bits per heavy atom. The van der Waals surface area contributed by atoms with Crippen LogP contribution in [-0.2, 0) is 10.0 Å². The van der Waals surface area contributed by atoms with Crippen LogP contribution in [0.2, 0.25) is 0 Å². The summed E-state index contributed by atoms with van der Waals surface area (Å²) in [6.07, 6.45) is -3.39. The zero-order valence-corrected chi connectivity index (χ0v) is 8.64. The van der Waals surface area contributed by atoms with Crippen LogP contribution in [0.15, 0.2) is 23.2 Å². The maximum atomic E-state index is 11.8. The number of rotatable bonds is 3. The van der Waals surface area contributed by atoms with Crippen molar-refractivity contribution < 1.29 is 21.6 Å². The third-order valence-corrected chi connectivity index (χ3v) is 3.00. The van der Waals surface area contributed by atoms with Gasteiger partial charge in [-0.2, -0.15) is 13.2 Å². The zero-order valence-electron chi connectivity index (χ0n) is 7.82. The summed E-state index contributed by atoms with van der Waals surface area (Å²) >= 11 is 0. The molecule has 0 aromatic carbocycles. The molecule has 0 aliphatic heterocycles. The van der Waals surface area contributed by atoms with Crippen LogP contribution in [0.25, 0.3) is 0 Å². The van der Waals surface area contributed by atoms with Crippen LogP contribution < -0.4 is 10.5 Å². The SMILES string of the molecule is Nc1ncccc1S(=O)(=O)NCC(F)(F)F. The largest absolute Gasteiger partial charge is 0.402 e. The molecule has 3 N–H and O–H groups in total. The normalized spacial score (nSPS) is 12.7. The van der Waals surface area contributed by atoms with E-state index in [0.29, 0.717) is 0 Å². The first-order chi connectivity index (χ1) is 7.22. The van der Waals surface area contributed by atoms with E-state index in [-0.39, 0.29) is 5.82 Å². The Hall–Kier alpha value is -1.35. The van der Waals surface area contributed by atoms with Crippen LogP contribution in [0.4, 0.5) is 19.0 Å². The van der Waals surface area contributed by atoms with Gasteiger partial charge in [0.25, 0.3) is 0 Å². The minimum absolute atomic E-state index is 0.350. The minimum Gasteiger partial charge on any atom is -0.383 e. The molecule has 0 unspecified atom stereocenters. The number of nitrogen functional groups attached to an aromatic ring is 1. The van der Waals surface area contributed by atoms with Gasteiger partial charge in [0.2, 0.25) is 10.0 Å². The fraction of sp³-hybridized carbons (Fsp3) is 0.286. The highest BCUT2D eigenvalue weighted by molar-refractivity contribution is 7.89. The van der Waals surface area contributed by atoms with E-state index in [0.717, 1.165) is 6.07 Å². The third kappa shape index (κ3) is 3.35. The summed E-state index contributed by atoms with van der Waals surface area (Å²) in [6, 6.07) is 2.33. The molecule has 0 fully saturated rings. The van der Waals surface area contributed by atoms with Crippen LogP contribution >= 0.6 is 0 Å². The van der Waals surface area contributed by atoms with Crippen LogP contribution in [0, 0.1) is 0 Å². The summed E-state index contributed by atoms with van der Waals surface area (Å²) in [5, 5.41) is 0. The molecule has 5 nitrogen and oxygen atoms in total. The van der Waals surface area contributed by atoms with E-state index in [1.54, 1.807) is 0 Å². The third-order valence-electron chi connectivity index (χ3n) is 1.55. The molecular weight excluding hydrogens is 247 g/mol. The number of hydrogen-bond donors (Lipinski definition) is 2.